The first-order chi connectivity index (χ1) is 7.36. The van der Waals surface area contributed by atoms with Gasteiger partial charge in [0.15, 0.2) is 0 Å². The lowest BCUT2D eigenvalue weighted by molar-refractivity contribution is -0.141. The summed E-state index contributed by atoms with van der Waals surface area (Å²) in [5, 5.41) is 25.9. The van der Waals surface area contributed by atoms with Gasteiger partial charge in [-0.25, -0.2) is 0 Å². The zero-order valence-corrected chi connectivity index (χ0v) is 9.59. The van der Waals surface area contributed by atoms with Gasteiger partial charge >= 0.3 is 17.9 Å². The van der Waals surface area contributed by atoms with Crippen LogP contribution in [0.2, 0.25) is 0 Å². The molecule has 1 rings (SSSR count). The Morgan fingerprint density at radius 3 is 2.06 bits per heavy atom. The molecule has 0 bridgehead atoms. The summed E-state index contributed by atoms with van der Waals surface area (Å²) in [6.07, 6.45) is -0.0186. The number of nitrogens with two attached hydrogens (primary N) is 1. The van der Waals surface area contributed by atoms with E-state index in [1.165, 1.54) is 0 Å². The molecule has 8 heteroatoms. The highest BCUT2D eigenvalue weighted by molar-refractivity contribution is 5.85. The van der Waals surface area contributed by atoms with Crippen molar-refractivity contribution in [1.82, 2.24) is 0 Å². The Morgan fingerprint density at radius 1 is 1.18 bits per heavy atom. The van der Waals surface area contributed by atoms with E-state index in [1.807, 2.05) is 0 Å². The zero-order chi connectivity index (χ0) is 12.5. The van der Waals surface area contributed by atoms with Crippen LogP contribution >= 0.6 is 12.4 Å². The van der Waals surface area contributed by atoms with Crippen LogP contribution in [0.1, 0.15) is 12.8 Å². The van der Waals surface area contributed by atoms with Crippen molar-refractivity contribution in [3.8, 4) is 0 Å². The fourth-order valence-corrected chi connectivity index (χ4v) is 2.06. The lowest BCUT2D eigenvalue weighted by Crippen LogP contribution is -2.34. The van der Waals surface area contributed by atoms with Gasteiger partial charge in [-0.1, -0.05) is 0 Å². The number of hydrogen-bond acceptors (Lipinski definition) is 4. The number of halogens is 1. The van der Waals surface area contributed by atoms with Crippen LogP contribution in [0, 0.1) is 17.8 Å². The molecule has 0 aromatic carbocycles. The van der Waals surface area contributed by atoms with Crippen LogP contribution in [-0.2, 0) is 14.4 Å². The summed E-state index contributed by atoms with van der Waals surface area (Å²) in [5.74, 6) is -5.33. The monoisotopic (exact) mass is 267 g/mol. The topological polar surface area (TPSA) is 138 Å². The van der Waals surface area contributed by atoms with Crippen molar-refractivity contribution in [2.75, 3.05) is 0 Å². The Bertz CT molecular complexity index is 333. The van der Waals surface area contributed by atoms with Gasteiger partial charge < -0.3 is 21.1 Å². The van der Waals surface area contributed by atoms with E-state index >= 15 is 0 Å². The average molecular weight is 268 g/mol. The molecule has 17 heavy (non-hydrogen) atoms. The second-order valence-electron chi connectivity index (χ2n) is 3.90. The second kappa shape index (κ2) is 5.83. The summed E-state index contributed by atoms with van der Waals surface area (Å²) in [4.78, 5) is 31.7. The van der Waals surface area contributed by atoms with Gasteiger partial charge in [-0.05, 0) is 12.3 Å². The highest BCUT2D eigenvalue weighted by Gasteiger charge is 2.58. The van der Waals surface area contributed by atoms with Gasteiger partial charge in [0.1, 0.15) is 6.04 Å². The van der Waals surface area contributed by atoms with Crippen LogP contribution in [0.25, 0.3) is 0 Å². The Labute approximate surface area is 103 Å². The number of rotatable bonds is 6. The van der Waals surface area contributed by atoms with Crippen LogP contribution in [0.4, 0.5) is 0 Å². The predicted octanol–water partition coefficient (Wildman–Crippen LogP) is -0.368. The van der Waals surface area contributed by atoms with Crippen molar-refractivity contribution in [1.29, 1.82) is 0 Å². The molecule has 1 fully saturated rings. The standard InChI is InChI=1S/C9H13NO6.ClH/c10-7(9(15)16)5-3(1-2-4(11)12)6(5)8(13)14;/h3,5-7H,1-2,10H2,(H,11,12)(H,13,14)(H,15,16);1H. The molecule has 7 nitrogen and oxygen atoms in total. The van der Waals surface area contributed by atoms with E-state index in [2.05, 4.69) is 0 Å². The fourth-order valence-electron chi connectivity index (χ4n) is 2.06. The van der Waals surface area contributed by atoms with E-state index in [4.69, 9.17) is 21.1 Å². The van der Waals surface area contributed by atoms with Gasteiger partial charge in [0.25, 0.3) is 0 Å². The largest absolute Gasteiger partial charge is 0.481 e. The second-order valence-corrected chi connectivity index (χ2v) is 3.90. The molecule has 0 aromatic rings. The lowest BCUT2D eigenvalue weighted by atomic mass is 10.1. The molecule has 1 aliphatic carbocycles. The van der Waals surface area contributed by atoms with Crippen LogP contribution in [0.15, 0.2) is 0 Å². The quantitative estimate of drug-likeness (QED) is 0.515. The first kappa shape index (κ1) is 15.7. The number of carboxylic acid groups (broad SMARTS) is 3. The van der Waals surface area contributed by atoms with Gasteiger partial charge in [-0.3, -0.25) is 14.4 Å². The molecule has 1 aliphatic rings. The molecule has 98 valence electrons. The Balaban J connectivity index is 0.00000256. The summed E-state index contributed by atoms with van der Waals surface area (Å²) in [5.41, 5.74) is 5.34. The fraction of sp³-hybridized carbons (Fsp3) is 0.667. The third-order valence-corrected chi connectivity index (χ3v) is 2.91. The van der Waals surface area contributed by atoms with Gasteiger partial charge in [-0.15, -0.1) is 12.4 Å². The lowest BCUT2D eigenvalue weighted by Gasteiger charge is -2.03. The maximum absolute atomic E-state index is 10.8. The van der Waals surface area contributed by atoms with Crippen molar-refractivity contribution in [2.24, 2.45) is 23.5 Å². The molecular formula is C9H14ClNO6. The molecule has 5 N–H and O–H groups in total. The number of carbonyl (C=O) groups is 3. The van der Waals surface area contributed by atoms with Gasteiger partial charge in [0, 0.05) is 12.3 Å². The molecule has 0 amide bonds. The summed E-state index contributed by atoms with van der Waals surface area (Å²) in [6, 6.07) is -1.24. The summed E-state index contributed by atoms with van der Waals surface area (Å²) >= 11 is 0. The Kier molecular flexibility index (Phi) is 5.37. The van der Waals surface area contributed by atoms with E-state index in [1.54, 1.807) is 0 Å². The van der Waals surface area contributed by atoms with Crippen molar-refractivity contribution in [2.45, 2.75) is 18.9 Å². The van der Waals surface area contributed by atoms with E-state index in [-0.39, 0.29) is 25.2 Å². The molecule has 0 spiro atoms. The summed E-state index contributed by atoms with van der Waals surface area (Å²) in [7, 11) is 0. The third kappa shape index (κ3) is 3.57. The number of aliphatic carboxylic acids is 3. The highest BCUT2D eigenvalue weighted by Crippen LogP contribution is 2.51. The van der Waals surface area contributed by atoms with Crippen LogP contribution in [-0.4, -0.2) is 39.3 Å². The minimum absolute atomic E-state index is 0. The first-order valence-corrected chi connectivity index (χ1v) is 4.79. The normalized spacial score (nSPS) is 27.7. The molecule has 0 saturated heterocycles. The van der Waals surface area contributed by atoms with Crippen molar-refractivity contribution >= 4 is 30.3 Å². The number of carboxylic acids is 3. The van der Waals surface area contributed by atoms with Gasteiger partial charge in [0.05, 0.1) is 5.92 Å². The first-order valence-electron chi connectivity index (χ1n) is 4.79. The molecular weight excluding hydrogens is 254 g/mol. The van der Waals surface area contributed by atoms with Crippen molar-refractivity contribution < 1.29 is 29.7 Å². The molecule has 1 saturated carbocycles. The molecule has 0 aromatic heterocycles. The van der Waals surface area contributed by atoms with Crippen LogP contribution < -0.4 is 5.73 Å². The van der Waals surface area contributed by atoms with Gasteiger partial charge in [-0.2, -0.15) is 0 Å². The summed E-state index contributed by atoms with van der Waals surface area (Å²) < 4.78 is 0. The molecule has 4 unspecified atom stereocenters. The Morgan fingerprint density at radius 2 is 1.71 bits per heavy atom. The average Bonchev–Trinajstić information content (AvgIpc) is 2.87. The van der Waals surface area contributed by atoms with Crippen molar-refractivity contribution in [3.63, 3.8) is 0 Å². The van der Waals surface area contributed by atoms with E-state index in [9.17, 15) is 14.4 Å². The minimum atomic E-state index is -1.26. The maximum Gasteiger partial charge on any atom is 0.320 e. The van der Waals surface area contributed by atoms with E-state index in [0.29, 0.717) is 0 Å². The highest BCUT2D eigenvalue weighted by atomic mass is 35.5. The molecule has 4 atom stereocenters. The Hall–Kier alpha value is -1.34. The predicted molar refractivity (Wildman–Crippen MR) is 57.8 cm³/mol. The SMILES string of the molecule is Cl.NC(C(=O)O)C1C(CCC(=O)O)C1C(=O)O. The van der Waals surface area contributed by atoms with Crippen LogP contribution in [0.5, 0.6) is 0 Å². The molecule has 0 radical (unpaired) electrons. The van der Waals surface area contributed by atoms with Crippen LogP contribution in [0.3, 0.4) is 0 Å². The smallest absolute Gasteiger partial charge is 0.320 e. The number of hydrogen-bond donors (Lipinski definition) is 4. The zero-order valence-electron chi connectivity index (χ0n) is 8.78. The molecule has 0 heterocycles. The van der Waals surface area contributed by atoms with E-state index in [0.717, 1.165) is 0 Å². The van der Waals surface area contributed by atoms with E-state index < -0.39 is 41.7 Å². The maximum atomic E-state index is 10.8. The summed E-state index contributed by atoms with van der Waals surface area (Å²) in [6.45, 7) is 0. The molecule has 0 aliphatic heterocycles. The third-order valence-electron chi connectivity index (χ3n) is 2.91. The minimum Gasteiger partial charge on any atom is -0.481 e. The van der Waals surface area contributed by atoms with Gasteiger partial charge in [0.2, 0.25) is 0 Å². The van der Waals surface area contributed by atoms with Crippen molar-refractivity contribution in [3.05, 3.63) is 0 Å².